The maximum absolute atomic E-state index is 11.7. The highest BCUT2D eigenvalue weighted by molar-refractivity contribution is 5.82. The lowest BCUT2D eigenvalue weighted by atomic mass is 10.1. The monoisotopic (exact) mass is 274 g/mol. The van der Waals surface area contributed by atoms with Crippen LogP contribution in [0.4, 0.5) is 4.79 Å². The number of nitrogens with one attached hydrogen (secondary N) is 1. The number of aliphatic carboxylic acids is 2. The largest absolute Gasteiger partial charge is 0.481 e. The van der Waals surface area contributed by atoms with Crippen LogP contribution >= 0.6 is 0 Å². The maximum Gasteiger partial charge on any atom is 0.326 e. The SMILES string of the molecule is CC(C)CN(C)C(=O)N[C@H](CCCC(=O)O)C(=O)O. The summed E-state index contributed by atoms with van der Waals surface area (Å²) in [6.45, 7) is 4.42. The summed E-state index contributed by atoms with van der Waals surface area (Å²) in [4.78, 5) is 34.5. The van der Waals surface area contributed by atoms with Gasteiger partial charge in [-0.2, -0.15) is 0 Å². The summed E-state index contributed by atoms with van der Waals surface area (Å²) in [5, 5.41) is 19.9. The molecule has 0 aromatic carbocycles. The van der Waals surface area contributed by atoms with E-state index in [0.29, 0.717) is 6.54 Å². The summed E-state index contributed by atoms with van der Waals surface area (Å²) in [6, 6.07) is -1.52. The van der Waals surface area contributed by atoms with E-state index in [1.54, 1.807) is 7.05 Å². The van der Waals surface area contributed by atoms with Crippen LogP contribution in [0.25, 0.3) is 0 Å². The van der Waals surface area contributed by atoms with Crippen LogP contribution in [0.3, 0.4) is 0 Å². The van der Waals surface area contributed by atoms with Crippen molar-refractivity contribution in [3.63, 3.8) is 0 Å². The Hall–Kier alpha value is -1.79. The van der Waals surface area contributed by atoms with E-state index < -0.39 is 24.0 Å². The van der Waals surface area contributed by atoms with Gasteiger partial charge in [-0.05, 0) is 18.8 Å². The number of rotatable bonds is 8. The first-order chi connectivity index (χ1) is 8.73. The smallest absolute Gasteiger partial charge is 0.326 e. The molecule has 0 aliphatic rings. The minimum atomic E-state index is -1.16. The van der Waals surface area contributed by atoms with Gasteiger partial charge >= 0.3 is 18.0 Å². The van der Waals surface area contributed by atoms with Crippen LogP contribution in [0.5, 0.6) is 0 Å². The van der Waals surface area contributed by atoms with Crippen molar-refractivity contribution in [2.45, 2.75) is 39.2 Å². The molecule has 0 saturated carbocycles. The Morgan fingerprint density at radius 1 is 1.21 bits per heavy atom. The topological polar surface area (TPSA) is 107 Å². The average molecular weight is 274 g/mol. The quantitative estimate of drug-likeness (QED) is 0.612. The fourth-order valence-corrected chi connectivity index (χ4v) is 1.60. The number of hydrogen-bond acceptors (Lipinski definition) is 3. The lowest BCUT2D eigenvalue weighted by Crippen LogP contribution is -2.47. The molecule has 0 radical (unpaired) electrons. The maximum atomic E-state index is 11.7. The van der Waals surface area contributed by atoms with E-state index >= 15 is 0 Å². The first-order valence-electron chi connectivity index (χ1n) is 6.20. The summed E-state index contributed by atoms with van der Waals surface area (Å²) in [5.41, 5.74) is 0. The van der Waals surface area contributed by atoms with E-state index in [0.717, 1.165) is 0 Å². The lowest BCUT2D eigenvalue weighted by Gasteiger charge is -2.22. The molecule has 0 unspecified atom stereocenters. The molecule has 0 aromatic rings. The highest BCUT2D eigenvalue weighted by Gasteiger charge is 2.21. The van der Waals surface area contributed by atoms with Gasteiger partial charge in [-0.3, -0.25) is 4.79 Å². The van der Waals surface area contributed by atoms with Gasteiger partial charge in [0.25, 0.3) is 0 Å². The van der Waals surface area contributed by atoms with Crippen LogP contribution in [-0.4, -0.2) is 52.7 Å². The van der Waals surface area contributed by atoms with Crippen molar-refractivity contribution in [2.24, 2.45) is 5.92 Å². The van der Waals surface area contributed by atoms with E-state index in [2.05, 4.69) is 5.32 Å². The Kier molecular flexibility index (Phi) is 7.55. The number of carbonyl (C=O) groups is 3. The third kappa shape index (κ3) is 8.01. The molecule has 0 aliphatic carbocycles. The van der Waals surface area contributed by atoms with Crippen LogP contribution in [0.2, 0.25) is 0 Å². The van der Waals surface area contributed by atoms with Crippen LogP contribution < -0.4 is 5.32 Å². The molecular formula is C12H22N2O5. The summed E-state index contributed by atoms with van der Waals surface area (Å²) >= 11 is 0. The molecule has 110 valence electrons. The van der Waals surface area contributed by atoms with Gasteiger partial charge < -0.3 is 20.4 Å². The zero-order chi connectivity index (χ0) is 15.0. The van der Waals surface area contributed by atoms with Gasteiger partial charge in [0.05, 0.1) is 0 Å². The van der Waals surface area contributed by atoms with Crippen molar-refractivity contribution in [2.75, 3.05) is 13.6 Å². The fourth-order valence-electron chi connectivity index (χ4n) is 1.60. The number of amides is 2. The summed E-state index contributed by atoms with van der Waals surface area (Å²) in [7, 11) is 1.59. The normalized spacial score (nSPS) is 12.0. The van der Waals surface area contributed by atoms with Crippen molar-refractivity contribution in [3.8, 4) is 0 Å². The van der Waals surface area contributed by atoms with E-state index in [4.69, 9.17) is 10.2 Å². The highest BCUT2D eigenvalue weighted by atomic mass is 16.4. The highest BCUT2D eigenvalue weighted by Crippen LogP contribution is 2.03. The Morgan fingerprint density at radius 3 is 2.21 bits per heavy atom. The number of hydrogen-bond donors (Lipinski definition) is 3. The van der Waals surface area contributed by atoms with Gasteiger partial charge in [0, 0.05) is 20.0 Å². The van der Waals surface area contributed by atoms with Crippen LogP contribution in [0.15, 0.2) is 0 Å². The zero-order valence-corrected chi connectivity index (χ0v) is 11.5. The Bertz CT molecular complexity index is 330. The van der Waals surface area contributed by atoms with Crippen molar-refractivity contribution >= 4 is 18.0 Å². The summed E-state index contributed by atoms with van der Waals surface area (Å²) in [5.74, 6) is -1.85. The van der Waals surface area contributed by atoms with Gasteiger partial charge in [0.15, 0.2) is 0 Å². The van der Waals surface area contributed by atoms with Gasteiger partial charge in [0.1, 0.15) is 6.04 Å². The van der Waals surface area contributed by atoms with Crippen molar-refractivity contribution < 1.29 is 24.6 Å². The fraction of sp³-hybridized carbons (Fsp3) is 0.750. The molecule has 1 atom stereocenters. The molecule has 3 N–H and O–H groups in total. The Balaban J connectivity index is 4.29. The molecule has 0 aliphatic heterocycles. The molecule has 0 fully saturated rings. The number of carboxylic acid groups (broad SMARTS) is 2. The average Bonchev–Trinajstić information content (AvgIpc) is 2.25. The van der Waals surface area contributed by atoms with E-state index in [1.807, 2.05) is 13.8 Å². The van der Waals surface area contributed by atoms with Crippen LogP contribution in [0, 0.1) is 5.92 Å². The predicted molar refractivity (Wildman–Crippen MR) is 68.9 cm³/mol. The van der Waals surface area contributed by atoms with Crippen molar-refractivity contribution in [3.05, 3.63) is 0 Å². The Labute approximate surface area is 112 Å². The van der Waals surface area contributed by atoms with Gasteiger partial charge in [-0.25, -0.2) is 9.59 Å². The second-order valence-corrected chi connectivity index (χ2v) is 4.90. The second-order valence-electron chi connectivity index (χ2n) is 4.90. The number of carboxylic acids is 2. The van der Waals surface area contributed by atoms with E-state index in [9.17, 15) is 14.4 Å². The molecule has 19 heavy (non-hydrogen) atoms. The summed E-state index contributed by atoms with van der Waals surface area (Å²) < 4.78 is 0. The first-order valence-corrected chi connectivity index (χ1v) is 6.20. The van der Waals surface area contributed by atoms with Gasteiger partial charge in [0.2, 0.25) is 0 Å². The number of urea groups is 1. The van der Waals surface area contributed by atoms with E-state index in [-0.39, 0.29) is 25.2 Å². The van der Waals surface area contributed by atoms with Crippen molar-refractivity contribution in [1.29, 1.82) is 0 Å². The molecular weight excluding hydrogens is 252 g/mol. The van der Waals surface area contributed by atoms with Crippen molar-refractivity contribution in [1.82, 2.24) is 10.2 Å². The number of carbonyl (C=O) groups excluding carboxylic acids is 1. The molecule has 0 bridgehead atoms. The summed E-state index contributed by atoms with van der Waals surface area (Å²) in [6.07, 6.45) is 0.199. The molecule has 7 nitrogen and oxygen atoms in total. The minimum absolute atomic E-state index is 0.100. The Morgan fingerprint density at radius 2 is 1.79 bits per heavy atom. The molecule has 0 aromatic heterocycles. The first kappa shape index (κ1) is 17.2. The zero-order valence-electron chi connectivity index (χ0n) is 11.5. The number of nitrogens with zero attached hydrogens (tertiary/aromatic N) is 1. The van der Waals surface area contributed by atoms with Crippen LogP contribution in [-0.2, 0) is 9.59 Å². The molecule has 0 rings (SSSR count). The molecule has 2 amide bonds. The second kappa shape index (κ2) is 8.34. The molecule has 0 heterocycles. The van der Waals surface area contributed by atoms with Gasteiger partial charge in [-0.1, -0.05) is 13.8 Å². The predicted octanol–water partition coefficient (Wildman–Crippen LogP) is 0.992. The third-order valence-corrected chi connectivity index (χ3v) is 2.46. The molecule has 0 saturated heterocycles. The minimum Gasteiger partial charge on any atom is -0.481 e. The standard InChI is InChI=1S/C12H22N2O5/c1-8(2)7-14(3)12(19)13-9(11(17)18)5-4-6-10(15)16/h8-9H,4-7H2,1-3H3,(H,13,19)(H,15,16)(H,17,18)/t9-/m1/s1. The van der Waals surface area contributed by atoms with Crippen LogP contribution in [0.1, 0.15) is 33.1 Å². The lowest BCUT2D eigenvalue weighted by molar-refractivity contribution is -0.140. The molecule has 0 spiro atoms. The third-order valence-electron chi connectivity index (χ3n) is 2.46. The van der Waals surface area contributed by atoms with E-state index in [1.165, 1.54) is 4.90 Å². The van der Waals surface area contributed by atoms with Gasteiger partial charge in [-0.15, -0.1) is 0 Å². The molecule has 7 heteroatoms.